The van der Waals surface area contributed by atoms with E-state index in [-0.39, 0.29) is 0 Å². The molecule has 3 aliphatic rings. The van der Waals surface area contributed by atoms with Crippen LogP contribution in [0.1, 0.15) is 37.4 Å². The SMILES string of the molecule is Clc1cccc(Cl)c1-c1nnn(C2CC2)c1CO[C@@H]1C[C@@H]2C[C@H]1CN2. The van der Waals surface area contributed by atoms with Gasteiger partial charge >= 0.3 is 0 Å². The standard InChI is InChI=1S/C18H20Cl2N4O/c19-13-2-1-3-14(20)17(13)18-15(24(23-22-18)12-4-5-12)9-25-16-7-11-6-10(16)8-21-11/h1-3,10-12,16,21H,4-9H2/t10-,11-,16+/m0/s1. The molecule has 1 aliphatic heterocycles. The van der Waals surface area contributed by atoms with Gasteiger partial charge in [0.2, 0.25) is 0 Å². The summed E-state index contributed by atoms with van der Waals surface area (Å²) in [5.74, 6) is 0.627. The van der Waals surface area contributed by atoms with Crippen LogP contribution in [0, 0.1) is 5.92 Å². The Morgan fingerprint density at radius 2 is 2.00 bits per heavy atom. The van der Waals surface area contributed by atoms with E-state index in [1.807, 2.05) is 22.9 Å². The average molecular weight is 379 g/mol. The van der Waals surface area contributed by atoms with Crippen molar-refractivity contribution in [3.63, 3.8) is 0 Å². The van der Waals surface area contributed by atoms with Crippen LogP contribution in [-0.4, -0.2) is 33.7 Å². The highest BCUT2D eigenvalue weighted by molar-refractivity contribution is 6.39. The quantitative estimate of drug-likeness (QED) is 0.858. The highest BCUT2D eigenvalue weighted by Gasteiger charge is 2.40. The van der Waals surface area contributed by atoms with Gasteiger partial charge in [-0.05, 0) is 43.7 Å². The number of rotatable bonds is 5. The molecule has 1 saturated heterocycles. The summed E-state index contributed by atoms with van der Waals surface area (Å²) >= 11 is 12.8. The first-order chi connectivity index (χ1) is 12.2. The van der Waals surface area contributed by atoms with Crippen molar-refractivity contribution in [2.75, 3.05) is 6.54 Å². The highest BCUT2D eigenvalue weighted by Crippen LogP contribution is 2.41. The Bertz CT molecular complexity index is 784. The first-order valence-corrected chi connectivity index (χ1v) is 9.69. The molecule has 0 amide bonds. The van der Waals surface area contributed by atoms with Crippen LogP contribution in [-0.2, 0) is 11.3 Å². The zero-order chi connectivity index (χ0) is 17.0. The van der Waals surface area contributed by atoms with Crippen LogP contribution in [0.15, 0.2) is 18.2 Å². The number of hydrogen-bond donors (Lipinski definition) is 1. The summed E-state index contributed by atoms with van der Waals surface area (Å²) in [6.45, 7) is 1.58. The molecule has 2 aromatic rings. The fraction of sp³-hybridized carbons (Fsp3) is 0.556. The van der Waals surface area contributed by atoms with Gasteiger partial charge in [-0.25, -0.2) is 4.68 Å². The Kier molecular flexibility index (Phi) is 4.01. The average Bonchev–Trinajstić information content (AvgIpc) is 3.03. The van der Waals surface area contributed by atoms with Crippen molar-refractivity contribution in [2.45, 2.75) is 50.5 Å². The molecule has 1 N–H and O–H groups in total. The van der Waals surface area contributed by atoms with Crippen LogP contribution < -0.4 is 5.32 Å². The van der Waals surface area contributed by atoms with Gasteiger partial charge in [-0.3, -0.25) is 0 Å². The van der Waals surface area contributed by atoms with Crippen molar-refractivity contribution in [3.8, 4) is 11.3 Å². The highest BCUT2D eigenvalue weighted by atomic mass is 35.5. The van der Waals surface area contributed by atoms with E-state index in [0.717, 1.165) is 42.8 Å². The molecular weight excluding hydrogens is 359 g/mol. The number of piperidine rings is 1. The predicted molar refractivity (Wildman–Crippen MR) is 96.8 cm³/mol. The lowest BCUT2D eigenvalue weighted by Gasteiger charge is -2.23. The van der Waals surface area contributed by atoms with Gasteiger partial charge in [-0.15, -0.1) is 5.10 Å². The van der Waals surface area contributed by atoms with Crippen LogP contribution in [0.5, 0.6) is 0 Å². The minimum atomic E-state index is 0.323. The number of nitrogens with zero attached hydrogens (tertiary/aromatic N) is 3. The molecule has 0 radical (unpaired) electrons. The third-order valence-corrected chi connectivity index (χ3v) is 6.25. The van der Waals surface area contributed by atoms with Crippen molar-refractivity contribution >= 4 is 23.2 Å². The van der Waals surface area contributed by atoms with Gasteiger partial charge in [0.15, 0.2) is 0 Å². The third-order valence-electron chi connectivity index (χ3n) is 5.62. The summed E-state index contributed by atoms with van der Waals surface area (Å²) in [5, 5.41) is 13.5. The Morgan fingerprint density at radius 1 is 1.20 bits per heavy atom. The van der Waals surface area contributed by atoms with E-state index in [1.165, 1.54) is 6.42 Å². The second kappa shape index (κ2) is 6.23. The largest absolute Gasteiger partial charge is 0.371 e. The van der Waals surface area contributed by atoms with Crippen molar-refractivity contribution in [1.29, 1.82) is 0 Å². The molecular formula is C18H20Cl2N4O. The molecule has 0 unspecified atom stereocenters. The van der Waals surface area contributed by atoms with Gasteiger partial charge in [0.1, 0.15) is 5.69 Å². The van der Waals surface area contributed by atoms with Crippen LogP contribution in [0.2, 0.25) is 10.0 Å². The first-order valence-electron chi connectivity index (χ1n) is 8.94. The molecule has 5 nitrogen and oxygen atoms in total. The lowest BCUT2D eigenvalue weighted by Crippen LogP contribution is -2.34. The van der Waals surface area contributed by atoms with E-state index >= 15 is 0 Å². The van der Waals surface area contributed by atoms with Crippen LogP contribution in [0.25, 0.3) is 11.3 Å². The molecule has 2 bridgehead atoms. The number of halogens is 2. The second-order valence-electron chi connectivity index (χ2n) is 7.34. The van der Waals surface area contributed by atoms with Crippen LogP contribution >= 0.6 is 23.2 Å². The van der Waals surface area contributed by atoms with Crippen LogP contribution in [0.3, 0.4) is 0 Å². The maximum atomic E-state index is 6.41. The molecule has 0 spiro atoms. The minimum absolute atomic E-state index is 0.323. The fourth-order valence-electron chi connectivity index (χ4n) is 4.15. The molecule has 3 atom stereocenters. The van der Waals surface area contributed by atoms with Crippen LogP contribution in [0.4, 0.5) is 0 Å². The number of fused-ring (bicyclic) bond motifs is 2. The van der Waals surface area contributed by atoms with E-state index in [9.17, 15) is 0 Å². The molecule has 5 rings (SSSR count). The Morgan fingerprint density at radius 3 is 2.64 bits per heavy atom. The fourth-order valence-corrected chi connectivity index (χ4v) is 4.73. The Hall–Kier alpha value is -1.14. The molecule has 25 heavy (non-hydrogen) atoms. The van der Waals surface area contributed by atoms with Crippen molar-refractivity contribution < 1.29 is 4.74 Å². The number of ether oxygens (including phenoxy) is 1. The van der Waals surface area contributed by atoms with Crippen molar-refractivity contribution in [3.05, 3.63) is 33.9 Å². The maximum absolute atomic E-state index is 6.41. The predicted octanol–water partition coefficient (Wildman–Crippen LogP) is 3.85. The first kappa shape index (κ1) is 16.1. The zero-order valence-corrected chi connectivity index (χ0v) is 15.3. The molecule has 2 saturated carbocycles. The molecule has 2 heterocycles. The zero-order valence-electron chi connectivity index (χ0n) is 13.8. The molecule has 132 valence electrons. The van der Waals surface area contributed by atoms with E-state index in [4.69, 9.17) is 27.9 Å². The Labute approximate surface area is 156 Å². The second-order valence-corrected chi connectivity index (χ2v) is 8.16. The van der Waals surface area contributed by atoms with E-state index in [2.05, 4.69) is 15.6 Å². The van der Waals surface area contributed by atoms with E-state index < -0.39 is 0 Å². The third kappa shape index (κ3) is 2.87. The van der Waals surface area contributed by atoms with Gasteiger partial charge in [0.25, 0.3) is 0 Å². The number of hydrogen-bond acceptors (Lipinski definition) is 4. The van der Waals surface area contributed by atoms with Crippen molar-refractivity contribution in [1.82, 2.24) is 20.3 Å². The molecule has 3 fully saturated rings. The van der Waals surface area contributed by atoms with E-state index in [1.54, 1.807) is 0 Å². The molecule has 7 heteroatoms. The van der Waals surface area contributed by atoms with Gasteiger partial charge in [0, 0.05) is 18.2 Å². The van der Waals surface area contributed by atoms with Gasteiger partial charge in [0.05, 0.1) is 34.5 Å². The number of benzene rings is 1. The normalized spacial score (nSPS) is 28.0. The van der Waals surface area contributed by atoms with Gasteiger partial charge in [-0.1, -0.05) is 34.5 Å². The summed E-state index contributed by atoms with van der Waals surface area (Å²) in [7, 11) is 0. The summed E-state index contributed by atoms with van der Waals surface area (Å²) < 4.78 is 8.33. The summed E-state index contributed by atoms with van der Waals surface area (Å²) in [5.41, 5.74) is 2.50. The smallest absolute Gasteiger partial charge is 0.121 e. The van der Waals surface area contributed by atoms with Crippen molar-refractivity contribution in [2.24, 2.45) is 5.92 Å². The monoisotopic (exact) mass is 378 g/mol. The lowest BCUT2D eigenvalue weighted by atomic mass is 10.1. The van der Waals surface area contributed by atoms with Gasteiger partial charge < -0.3 is 10.1 Å². The topological polar surface area (TPSA) is 52.0 Å². The number of aromatic nitrogens is 3. The lowest BCUT2D eigenvalue weighted by molar-refractivity contribution is 0.00653. The summed E-state index contributed by atoms with van der Waals surface area (Å²) in [6, 6.07) is 6.58. The van der Waals surface area contributed by atoms with E-state index in [0.29, 0.717) is 40.8 Å². The molecule has 2 aliphatic carbocycles. The minimum Gasteiger partial charge on any atom is -0.371 e. The maximum Gasteiger partial charge on any atom is 0.121 e. The Balaban J connectivity index is 1.46. The van der Waals surface area contributed by atoms with Gasteiger partial charge in [-0.2, -0.15) is 0 Å². The molecule has 1 aromatic heterocycles. The molecule has 1 aromatic carbocycles. The summed E-state index contributed by atoms with van der Waals surface area (Å²) in [4.78, 5) is 0. The summed E-state index contributed by atoms with van der Waals surface area (Å²) in [6.07, 6.45) is 4.93. The number of nitrogens with one attached hydrogen (secondary N) is 1.